The summed E-state index contributed by atoms with van der Waals surface area (Å²) in [5.74, 6) is 5.94. The van der Waals surface area contributed by atoms with E-state index >= 15 is 0 Å². The van der Waals surface area contributed by atoms with Crippen molar-refractivity contribution in [2.24, 2.45) is 11.8 Å². The summed E-state index contributed by atoms with van der Waals surface area (Å²) in [5.41, 5.74) is 3.25. The van der Waals surface area contributed by atoms with Gasteiger partial charge in [0.1, 0.15) is 5.54 Å². The molecule has 3 N–H and O–H groups in total. The van der Waals surface area contributed by atoms with E-state index in [1.807, 2.05) is 18.2 Å². The highest BCUT2D eigenvalue weighted by molar-refractivity contribution is 5.87. The quantitative estimate of drug-likeness (QED) is 0.456. The third-order valence-corrected chi connectivity index (χ3v) is 4.11. The van der Waals surface area contributed by atoms with Gasteiger partial charge in [-0.25, -0.2) is 5.84 Å². The maximum atomic E-state index is 11.9. The first kappa shape index (κ1) is 10.7. The van der Waals surface area contributed by atoms with Crippen LogP contribution in [0.15, 0.2) is 30.3 Å². The number of carbonyl (C=O) groups is 1. The van der Waals surface area contributed by atoms with E-state index < -0.39 is 0 Å². The number of hydrogen-bond acceptors (Lipinski definition) is 3. The van der Waals surface area contributed by atoms with Crippen LogP contribution in [0.2, 0.25) is 0 Å². The lowest BCUT2D eigenvalue weighted by atomic mass is 9.72. The van der Waals surface area contributed by atoms with Crippen LogP contribution in [0.25, 0.3) is 0 Å². The molecule has 3 fully saturated rings. The van der Waals surface area contributed by atoms with E-state index in [9.17, 15) is 4.79 Å². The normalized spacial score (nSPS) is 31.0. The molecule has 1 amide bonds. The molecule has 0 unspecified atom stereocenters. The zero-order valence-corrected chi connectivity index (χ0v) is 9.73. The molecule has 90 valence electrons. The minimum Gasteiger partial charge on any atom is -0.293 e. The smallest absolute Gasteiger partial charge is 0.254 e. The molecule has 0 radical (unpaired) electrons. The number of fused-ring (bicyclic) bond motifs is 1. The fourth-order valence-electron chi connectivity index (χ4n) is 3.25. The molecular formula is C13H17N3O. The molecule has 3 aliphatic rings. The monoisotopic (exact) mass is 231 g/mol. The largest absolute Gasteiger partial charge is 0.293 e. The van der Waals surface area contributed by atoms with Crippen LogP contribution in [0, 0.1) is 5.92 Å². The van der Waals surface area contributed by atoms with Gasteiger partial charge >= 0.3 is 0 Å². The van der Waals surface area contributed by atoms with E-state index in [1.165, 1.54) is 5.56 Å². The summed E-state index contributed by atoms with van der Waals surface area (Å²) in [6.45, 7) is 1.85. The maximum Gasteiger partial charge on any atom is 0.254 e. The molecule has 0 aromatic heterocycles. The summed E-state index contributed by atoms with van der Waals surface area (Å²) in [6, 6.07) is 10.3. The summed E-state index contributed by atoms with van der Waals surface area (Å²) < 4.78 is 0. The van der Waals surface area contributed by atoms with Crippen molar-refractivity contribution in [2.75, 3.05) is 6.54 Å². The lowest BCUT2D eigenvalue weighted by molar-refractivity contribution is -0.134. The Bertz CT molecular complexity index is 426. The Morgan fingerprint density at radius 1 is 1.41 bits per heavy atom. The third-order valence-electron chi connectivity index (χ3n) is 4.11. The average molecular weight is 231 g/mol. The van der Waals surface area contributed by atoms with Crippen molar-refractivity contribution in [1.82, 2.24) is 10.3 Å². The molecular weight excluding hydrogens is 214 g/mol. The molecule has 1 aromatic rings. The van der Waals surface area contributed by atoms with Crippen molar-refractivity contribution in [3.05, 3.63) is 35.9 Å². The number of amides is 1. The van der Waals surface area contributed by atoms with Crippen LogP contribution in [0.5, 0.6) is 0 Å². The van der Waals surface area contributed by atoms with Crippen LogP contribution >= 0.6 is 0 Å². The topological polar surface area (TPSA) is 58.4 Å². The van der Waals surface area contributed by atoms with Gasteiger partial charge in [-0.2, -0.15) is 0 Å². The standard InChI is InChI=1S/C13H17N3O/c14-15-12(17)13-6-11(7-13)9-16(13)8-10-4-2-1-3-5-10/h1-5,11H,6-9,14H2,(H,15,17). The number of nitrogens with zero attached hydrogens (tertiary/aromatic N) is 1. The Hall–Kier alpha value is -1.39. The van der Waals surface area contributed by atoms with Gasteiger partial charge in [-0.15, -0.1) is 0 Å². The number of nitrogens with two attached hydrogens (primary N) is 1. The first-order chi connectivity index (χ1) is 8.24. The van der Waals surface area contributed by atoms with Gasteiger partial charge in [-0.05, 0) is 24.3 Å². The Labute approximate surface area is 101 Å². The number of hydrogen-bond donors (Lipinski definition) is 2. The summed E-state index contributed by atoms with van der Waals surface area (Å²) in [5, 5.41) is 0. The molecule has 0 spiro atoms. The van der Waals surface area contributed by atoms with Crippen molar-refractivity contribution in [3.63, 3.8) is 0 Å². The molecule has 2 saturated heterocycles. The minimum absolute atomic E-state index is 0.0258. The predicted octanol–water partition coefficient (Wildman–Crippen LogP) is 0.641. The summed E-state index contributed by atoms with van der Waals surface area (Å²) in [7, 11) is 0. The second-order valence-corrected chi connectivity index (χ2v) is 5.15. The lowest BCUT2D eigenvalue weighted by Crippen LogP contribution is -2.58. The van der Waals surface area contributed by atoms with Crippen molar-refractivity contribution >= 4 is 5.91 Å². The SMILES string of the molecule is NNC(=O)C12CC(CN1Cc1ccccc1)C2. The number of hydrazine groups is 1. The number of rotatable bonds is 3. The van der Waals surface area contributed by atoms with Gasteiger partial charge in [0.15, 0.2) is 0 Å². The summed E-state index contributed by atoms with van der Waals surface area (Å²) >= 11 is 0. The molecule has 17 heavy (non-hydrogen) atoms. The molecule has 2 aliphatic heterocycles. The molecule has 1 saturated carbocycles. The van der Waals surface area contributed by atoms with Gasteiger partial charge in [-0.1, -0.05) is 30.3 Å². The lowest BCUT2D eigenvalue weighted by Gasteiger charge is -2.40. The van der Waals surface area contributed by atoms with Gasteiger partial charge in [0, 0.05) is 13.1 Å². The minimum atomic E-state index is -0.324. The van der Waals surface area contributed by atoms with Crippen LogP contribution in [-0.4, -0.2) is 22.9 Å². The van der Waals surface area contributed by atoms with Gasteiger partial charge in [0.25, 0.3) is 5.91 Å². The molecule has 2 bridgehead atoms. The first-order valence-corrected chi connectivity index (χ1v) is 6.04. The van der Waals surface area contributed by atoms with Crippen LogP contribution < -0.4 is 11.3 Å². The van der Waals surface area contributed by atoms with Gasteiger partial charge in [0.2, 0.25) is 0 Å². The highest BCUT2D eigenvalue weighted by Gasteiger charge is 2.60. The highest BCUT2D eigenvalue weighted by atomic mass is 16.2. The first-order valence-electron chi connectivity index (χ1n) is 6.04. The van der Waals surface area contributed by atoms with E-state index in [1.54, 1.807) is 0 Å². The number of nitrogens with one attached hydrogen (secondary N) is 1. The van der Waals surface area contributed by atoms with Gasteiger partial charge in [-0.3, -0.25) is 15.1 Å². The Morgan fingerprint density at radius 3 is 2.76 bits per heavy atom. The molecule has 2 heterocycles. The number of benzene rings is 1. The molecule has 1 aromatic carbocycles. The Morgan fingerprint density at radius 2 is 2.12 bits per heavy atom. The molecule has 4 nitrogen and oxygen atoms in total. The fourth-order valence-corrected chi connectivity index (χ4v) is 3.25. The van der Waals surface area contributed by atoms with Crippen molar-refractivity contribution < 1.29 is 4.79 Å². The third kappa shape index (κ3) is 1.56. The molecule has 0 atom stereocenters. The van der Waals surface area contributed by atoms with Crippen LogP contribution in [-0.2, 0) is 11.3 Å². The Kier molecular flexibility index (Phi) is 2.42. The molecule has 4 heteroatoms. The summed E-state index contributed by atoms with van der Waals surface area (Å²) in [6.07, 6.45) is 1.92. The molecule has 4 rings (SSSR count). The van der Waals surface area contributed by atoms with Crippen molar-refractivity contribution in [2.45, 2.75) is 24.9 Å². The number of carbonyl (C=O) groups excluding carboxylic acids is 1. The van der Waals surface area contributed by atoms with Crippen molar-refractivity contribution in [1.29, 1.82) is 0 Å². The Balaban J connectivity index is 1.78. The zero-order chi connectivity index (χ0) is 11.9. The second-order valence-electron chi connectivity index (χ2n) is 5.15. The van der Waals surface area contributed by atoms with E-state index in [0.29, 0.717) is 5.92 Å². The molecule has 1 aliphatic carbocycles. The maximum absolute atomic E-state index is 11.9. The highest BCUT2D eigenvalue weighted by Crippen LogP contribution is 2.51. The average Bonchev–Trinajstić information content (AvgIpc) is 2.83. The zero-order valence-electron chi connectivity index (χ0n) is 9.73. The van der Waals surface area contributed by atoms with Crippen LogP contribution in [0.4, 0.5) is 0 Å². The summed E-state index contributed by atoms with van der Waals surface area (Å²) in [4.78, 5) is 14.2. The van der Waals surface area contributed by atoms with E-state index in [0.717, 1.165) is 25.9 Å². The van der Waals surface area contributed by atoms with Crippen LogP contribution in [0.1, 0.15) is 18.4 Å². The fraction of sp³-hybridized carbons (Fsp3) is 0.462. The van der Waals surface area contributed by atoms with Gasteiger partial charge < -0.3 is 0 Å². The van der Waals surface area contributed by atoms with Crippen molar-refractivity contribution in [3.8, 4) is 0 Å². The van der Waals surface area contributed by atoms with Crippen LogP contribution in [0.3, 0.4) is 0 Å². The van der Waals surface area contributed by atoms with Gasteiger partial charge in [0.05, 0.1) is 0 Å². The van der Waals surface area contributed by atoms with E-state index in [-0.39, 0.29) is 11.4 Å². The van der Waals surface area contributed by atoms with E-state index in [2.05, 4.69) is 22.5 Å². The van der Waals surface area contributed by atoms with E-state index in [4.69, 9.17) is 5.84 Å². The second kappa shape index (κ2) is 3.82. The predicted molar refractivity (Wildman–Crippen MR) is 64.6 cm³/mol.